The van der Waals surface area contributed by atoms with E-state index in [1.54, 1.807) is 0 Å². The summed E-state index contributed by atoms with van der Waals surface area (Å²) in [6.07, 6.45) is -9.88. The summed E-state index contributed by atoms with van der Waals surface area (Å²) in [7, 11) is 0. The van der Waals surface area contributed by atoms with E-state index in [0.29, 0.717) is 16.8 Å². The van der Waals surface area contributed by atoms with Gasteiger partial charge in [0.1, 0.15) is 16.7 Å². The fourth-order valence-corrected chi connectivity index (χ4v) is 3.22. The second-order valence-corrected chi connectivity index (χ2v) is 6.69. The van der Waals surface area contributed by atoms with Gasteiger partial charge in [0.2, 0.25) is 5.91 Å². The number of carbonyl (C=O) groups is 1. The van der Waals surface area contributed by atoms with Gasteiger partial charge in [-0.2, -0.15) is 23.5 Å². The van der Waals surface area contributed by atoms with Crippen LogP contribution in [0.25, 0.3) is 5.69 Å². The number of amides is 1. The number of nitriles is 1. The number of carbonyl (C=O) groups excluding carboxylic acids is 1. The molecule has 0 unspecified atom stereocenters. The van der Waals surface area contributed by atoms with Gasteiger partial charge in [0.15, 0.2) is 11.5 Å². The van der Waals surface area contributed by atoms with Crippen molar-refractivity contribution < 1.29 is 35.3 Å². The first-order chi connectivity index (χ1) is 13.2. The smallest absolute Gasteiger partial charge is 0.310 e. The second kappa shape index (κ2) is 8.31. The van der Waals surface area contributed by atoms with E-state index in [2.05, 4.69) is 14.6 Å². The number of rotatable bonds is 4. The molecule has 1 amide bonds. The fraction of sp³-hybridized carbons (Fsp3) is 0.214. The zero-order chi connectivity index (χ0) is 22.1. The van der Waals surface area contributed by atoms with Crippen molar-refractivity contribution in [3.63, 3.8) is 0 Å². The number of nitrogens with one attached hydrogen (secondary N) is 1. The molecule has 2 aromatic rings. The average Bonchev–Trinajstić information content (AvgIpc) is 2.87. The van der Waals surface area contributed by atoms with Crippen LogP contribution in [0.5, 0.6) is 0 Å². The fourth-order valence-electron chi connectivity index (χ4n) is 2.01. The van der Waals surface area contributed by atoms with Crippen molar-refractivity contribution in [1.29, 1.82) is 5.26 Å². The van der Waals surface area contributed by atoms with Crippen molar-refractivity contribution in [2.75, 3.05) is 5.32 Å². The summed E-state index contributed by atoms with van der Waals surface area (Å²) in [6, 6.07) is 2.51. The lowest BCUT2D eigenvalue weighted by molar-refractivity contribution is -0.266. The first kappa shape index (κ1) is 23.1. The van der Waals surface area contributed by atoms with E-state index in [9.17, 15) is 31.1 Å². The van der Waals surface area contributed by atoms with Crippen molar-refractivity contribution in [3.8, 4) is 11.8 Å². The normalized spacial score (nSPS) is 12.0. The average molecular weight is 479 g/mol. The Morgan fingerprint density at radius 1 is 1.24 bits per heavy atom. The summed E-state index contributed by atoms with van der Waals surface area (Å²) in [5.74, 6) is -1.30. The van der Waals surface area contributed by atoms with Gasteiger partial charge in [-0.3, -0.25) is 4.79 Å². The topological polar surface area (TPSA) is 79.9 Å². The molecule has 156 valence electrons. The molecule has 0 radical (unpaired) electrons. The molecular weight excluding hydrogens is 473 g/mol. The molecule has 0 bridgehead atoms. The summed E-state index contributed by atoms with van der Waals surface area (Å²) in [5, 5.41) is 13.8. The third-order valence-corrected chi connectivity index (χ3v) is 4.42. The molecule has 1 aromatic heterocycles. The minimum atomic E-state index is -5.10. The van der Waals surface area contributed by atoms with Crippen LogP contribution in [0, 0.1) is 11.3 Å². The maximum absolute atomic E-state index is 12.9. The highest BCUT2D eigenvalue weighted by Crippen LogP contribution is 2.42. The van der Waals surface area contributed by atoms with Gasteiger partial charge in [-0.05, 0) is 12.1 Å². The van der Waals surface area contributed by atoms with Gasteiger partial charge < -0.3 is 5.32 Å². The quantitative estimate of drug-likeness (QED) is 0.458. The molecule has 6 nitrogen and oxygen atoms in total. The zero-order valence-electron chi connectivity index (χ0n) is 13.7. The van der Waals surface area contributed by atoms with Crippen LogP contribution < -0.4 is 5.32 Å². The van der Waals surface area contributed by atoms with Crippen molar-refractivity contribution >= 4 is 47.0 Å². The second-order valence-electron chi connectivity index (χ2n) is 5.13. The SMILES string of the molecule is CC(=O)Nc1c(SOC(F)(F)F)c(C#N)nn1-c1c(Cl)cc(C(F)(F)F)cc1Cl. The predicted molar refractivity (Wildman–Crippen MR) is 90.6 cm³/mol. The third-order valence-electron chi connectivity index (χ3n) is 3.02. The molecule has 1 aromatic carbocycles. The third kappa shape index (κ3) is 5.47. The van der Waals surface area contributed by atoms with Crippen LogP contribution >= 0.6 is 35.2 Å². The maximum Gasteiger partial charge on any atom is 0.533 e. The van der Waals surface area contributed by atoms with E-state index >= 15 is 0 Å². The van der Waals surface area contributed by atoms with Crippen LogP contribution in [0.1, 0.15) is 18.2 Å². The molecule has 1 heterocycles. The number of hydrogen-bond donors (Lipinski definition) is 1. The molecule has 0 aliphatic rings. The minimum Gasteiger partial charge on any atom is -0.310 e. The molecule has 1 N–H and O–H groups in total. The molecule has 0 aliphatic carbocycles. The van der Waals surface area contributed by atoms with Gasteiger partial charge in [-0.25, -0.2) is 8.86 Å². The lowest BCUT2D eigenvalue weighted by atomic mass is 10.2. The lowest BCUT2D eigenvalue weighted by Crippen LogP contribution is -2.13. The highest BCUT2D eigenvalue weighted by atomic mass is 35.5. The highest BCUT2D eigenvalue weighted by Gasteiger charge is 2.35. The Hall–Kier alpha value is -2.14. The standard InChI is InChI=1S/C14H6Cl2F6N4O2S/c1-5(27)24-12-11(29-28-14(20,21)22)9(4-23)25-26(12)10-7(15)2-6(3-8(10)16)13(17,18)19/h2-3H,1H3,(H,24,27). The summed E-state index contributed by atoms with van der Waals surface area (Å²) in [6.45, 7) is 0.998. The number of alkyl halides is 6. The van der Waals surface area contributed by atoms with Crippen LogP contribution in [0.2, 0.25) is 10.0 Å². The first-order valence-corrected chi connectivity index (χ1v) is 8.54. The molecule has 0 atom stereocenters. The summed E-state index contributed by atoms with van der Waals surface area (Å²) in [5.41, 5.74) is -2.23. The summed E-state index contributed by atoms with van der Waals surface area (Å²) >= 11 is 11.4. The Kier molecular flexibility index (Phi) is 6.63. The van der Waals surface area contributed by atoms with Crippen LogP contribution in [0.3, 0.4) is 0 Å². The van der Waals surface area contributed by atoms with Gasteiger partial charge in [-0.15, -0.1) is 13.2 Å². The van der Waals surface area contributed by atoms with Crippen LogP contribution in [0.15, 0.2) is 17.0 Å². The van der Waals surface area contributed by atoms with Gasteiger partial charge in [0.25, 0.3) is 0 Å². The summed E-state index contributed by atoms with van der Waals surface area (Å²) in [4.78, 5) is 10.9. The number of anilines is 1. The van der Waals surface area contributed by atoms with Crippen LogP contribution in [-0.2, 0) is 15.2 Å². The van der Waals surface area contributed by atoms with Gasteiger partial charge in [0, 0.05) is 19.0 Å². The van der Waals surface area contributed by atoms with E-state index in [-0.39, 0.29) is 12.0 Å². The van der Waals surface area contributed by atoms with Crippen LogP contribution in [0.4, 0.5) is 32.2 Å². The lowest BCUT2D eigenvalue weighted by Gasteiger charge is -2.15. The number of halogens is 8. The molecule has 0 saturated carbocycles. The number of hydrogen-bond acceptors (Lipinski definition) is 5. The zero-order valence-corrected chi connectivity index (χ0v) is 16.1. The molecule has 0 saturated heterocycles. The van der Waals surface area contributed by atoms with Crippen molar-refractivity contribution in [2.24, 2.45) is 0 Å². The van der Waals surface area contributed by atoms with Gasteiger partial charge >= 0.3 is 12.5 Å². The molecule has 0 fully saturated rings. The molecule has 29 heavy (non-hydrogen) atoms. The molecule has 15 heteroatoms. The van der Waals surface area contributed by atoms with Crippen LogP contribution in [-0.4, -0.2) is 22.1 Å². The summed E-state index contributed by atoms with van der Waals surface area (Å²) < 4.78 is 80.1. The van der Waals surface area contributed by atoms with Gasteiger partial charge in [-0.1, -0.05) is 23.2 Å². The monoisotopic (exact) mass is 478 g/mol. The van der Waals surface area contributed by atoms with Crippen molar-refractivity contribution in [2.45, 2.75) is 24.4 Å². The largest absolute Gasteiger partial charge is 0.533 e. The Bertz CT molecular complexity index is 977. The maximum atomic E-state index is 12.9. The van der Waals surface area contributed by atoms with E-state index in [1.165, 1.54) is 6.07 Å². The number of benzene rings is 1. The molecule has 0 aliphatic heterocycles. The molecule has 2 rings (SSSR count). The Morgan fingerprint density at radius 2 is 1.79 bits per heavy atom. The Labute approximate surface area is 172 Å². The molecular formula is C14H6Cl2F6N4O2S. The van der Waals surface area contributed by atoms with E-state index in [1.807, 2.05) is 0 Å². The Balaban J connectivity index is 2.71. The first-order valence-electron chi connectivity index (χ1n) is 7.04. The highest BCUT2D eigenvalue weighted by molar-refractivity contribution is 7.95. The number of nitrogens with zero attached hydrogens (tertiary/aromatic N) is 3. The predicted octanol–water partition coefficient (Wildman–Crippen LogP) is 5.57. The number of aromatic nitrogens is 2. The van der Waals surface area contributed by atoms with Gasteiger partial charge in [0.05, 0.1) is 15.6 Å². The minimum absolute atomic E-state index is 0.330. The van der Waals surface area contributed by atoms with E-state index < -0.39 is 56.1 Å². The van der Waals surface area contributed by atoms with Crippen molar-refractivity contribution in [1.82, 2.24) is 9.78 Å². The Morgan fingerprint density at radius 3 is 2.21 bits per heavy atom. The van der Waals surface area contributed by atoms with Crippen molar-refractivity contribution in [3.05, 3.63) is 33.4 Å². The van der Waals surface area contributed by atoms with E-state index in [0.717, 1.165) is 6.92 Å². The molecule has 0 spiro atoms. The van der Waals surface area contributed by atoms with E-state index in [4.69, 9.17) is 28.5 Å².